The highest BCUT2D eigenvalue weighted by Crippen LogP contribution is 2.44. The number of anilines is 1. The Morgan fingerprint density at radius 2 is 2.23 bits per heavy atom. The molecule has 1 aromatic heterocycles. The average molecular weight is 310 g/mol. The molecule has 2 fully saturated rings. The molecule has 1 aromatic rings. The Morgan fingerprint density at radius 3 is 2.86 bits per heavy atom. The van der Waals surface area contributed by atoms with Gasteiger partial charge in [0.1, 0.15) is 24.1 Å². The van der Waals surface area contributed by atoms with Gasteiger partial charge in [-0.2, -0.15) is 8.78 Å². The van der Waals surface area contributed by atoms with E-state index in [0.717, 1.165) is 19.6 Å². The third-order valence-corrected chi connectivity index (χ3v) is 5.18. The lowest BCUT2D eigenvalue weighted by molar-refractivity contribution is -0.111. The molecule has 0 amide bonds. The summed E-state index contributed by atoms with van der Waals surface area (Å²) in [6.45, 7) is 5.55. The van der Waals surface area contributed by atoms with Crippen LogP contribution in [0.15, 0.2) is 12.4 Å². The number of hydrogen-bond donors (Lipinski definition) is 1. The van der Waals surface area contributed by atoms with Gasteiger partial charge in [0, 0.05) is 37.0 Å². The zero-order valence-electron chi connectivity index (χ0n) is 12.9. The van der Waals surface area contributed by atoms with Crippen LogP contribution in [-0.2, 0) is 10.7 Å². The molecule has 0 radical (unpaired) electrons. The summed E-state index contributed by atoms with van der Waals surface area (Å²) in [6.07, 6.45) is 3.03. The Labute approximate surface area is 128 Å². The molecule has 1 N–H and O–H groups in total. The quantitative estimate of drug-likeness (QED) is 0.862. The summed E-state index contributed by atoms with van der Waals surface area (Å²) in [5.41, 5.74) is -0.516. The molecule has 0 aliphatic carbocycles. The summed E-state index contributed by atoms with van der Waals surface area (Å²) in [6, 6.07) is 1.31. The van der Waals surface area contributed by atoms with Gasteiger partial charge in [-0.15, -0.1) is 0 Å². The number of aromatic nitrogens is 2. The molecule has 2 bridgehead atoms. The summed E-state index contributed by atoms with van der Waals surface area (Å²) in [7, 11) is 0. The van der Waals surface area contributed by atoms with Gasteiger partial charge in [0.05, 0.1) is 6.04 Å². The summed E-state index contributed by atoms with van der Waals surface area (Å²) >= 11 is 0. The highest BCUT2D eigenvalue weighted by molar-refractivity contribution is 5.62. The van der Waals surface area contributed by atoms with Crippen LogP contribution in [0.25, 0.3) is 0 Å². The number of halogens is 2. The van der Waals surface area contributed by atoms with Crippen LogP contribution in [0.4, 0.5) is 14.6 Å². The van der Waals surface area contributed by atoms with Gasteiger partial charge >= 0.3 is 0 Å². The van der Waals surface area contributed by atoms with Crippen LogP contribution >= 0.6 is 0 Å². The number of fused-ring (bicyclic) bond motifs is 2. The van der Waals surface area contributed by atoms with Crippen LogP contribution in [0.2, 0.25) is 0 Å². The normalized spacial score (nSPS) is 34.8. The van der Waals surface area contributed by atoms with Gasteiger partial charge in [-0.1, -0.05) is 6.92 Å². The van der Waals surface area contributed by atoms with Gasteiger partial charge in [0.25, 0.3) is 5.92 Å². The minimum atomic E-state index is -3.00. The number of carbonyl (C=O) groups excluding carboxylic acids is 1. The van der Waals surface area contributed by atoms with Crippen molar-refractivity contribution in [1.29, 1.82) is 0 Å². The summed E-state index contributed by atoms with van der Waals surface area (Å²) in [5, 5.41) is 3.32. The molecule has 0 aromatic carbocycles. The van der Waals surface area contributed by atoms with Crippen LogP contribution in [0.3, 0.4) is 0 Å². The topological polar surface area (TPSA) is 58.1 Å². The number of hydrogen-bond acceptors (Lipinski definition) is 5. The zero-order chi connectivity index (χ0) is 16.1. The zero-order valence-corrected chi connectivity index (χ0v) is 12.9. The Bertz CT molecular complexity index is 591. The first kappa shape index (κ1) is 15.3. The molecule has 3 rings (SSSR count). The number of piperidine rings is 1. The van der Waals surface area contributed by atoms with Crippen molar-refractivity contribution in [2.24, 2.45) is 5.41 Å². The Kier molecular flexibility index (Phi) is 3.43. The first-order chi connectivity index (χ1) is 10.3. The molecule has 22 heavy (non-hydrogen) atoms. The van der Waals surface area contributed by atoms with Crippen molar-refractivity contribution in [3.63, 3.8) is 0 Å². The standard InChI is InChI=1S/C15H20F2N4O/c1-9-14(2)5-10(20-12(14)7-22)6-21(9)13-4-11(15(3,16)17)18-8-19-13/h4,7-10,12,20H,5-6H2,1-3H3/t9?,10-,12+,14-/m1/s1. The average Bonchev–Trinajstić information content (AvgIpc) is 2.75. The van der Waals surface area contributed by atoms with E-state index < -0.39 is 5.92 Å². The molecule has 2 aliphatic heterocycles. The molecular formula is C15H20F2N4O. The van der Waals surface area contributed by atoms with Gasteiger partial charge < -0.3 is 15.0 Å². The molecule has 3 heterocycles. The molecule has 2 aliphatic rings. The Hall–Kier alpha value is -1.63. The largest absolute Gasteiger partial charge is 0.352 e. The van der Waals surface area contributed by atoms with Crippen molar-refractivity contribution in [3.8, 4) is 0 Å². The summed E-state index contributed by atoms with van der Waals surface area (Å²) < 4.78 is 27.0. The molecule has 120 valence electrons. The fourth-order valence-corrected chi connectivity index (χ4v) is 3.69. The van der Waals surface area contributed by atoms with Gasteiger partial charge in [0.2, 0.25) is 0 Å². The number of alkyl halides is 2. The van der Waals surface area contributed by atoms with E-state index >= 15 is 0 Å². The third-order valence-electron chi connectivity index (χ3n) is 5.18. The lowest BCUT2D eigenvalue weighted by Crippen LogP contribution is -2.53. The molecule has 1 unspecified atom stereocenters. The maximum Gasteiger partial charge on any atom is 0.287 e. The van der Waals surface area contributed by atoms with E-state index in [2.05, 4.69) is 22.2 Å². The number of carbonyl (C=O) groups is 1. The van der Waals surface area contributed by atoms with Crippen LogP contribution in [-0.4, -0.2) is 40.9 Å². The van der Waals surface area contributed by atoms with Crippen LogP contribution in [0.1, 0.15) is 32.9 Å². The monoisotopic (exact) mass is 310 g/mol. The van der Waals surface area contributed by atoms with Crippen LogP contribution in [0.5, 0.6) is 0 Å². The van der Waals surface area contributed by atoms with Crippen molar-refractivity contribution in [2.75, 3.05) is 11.4 Å². The molecule has 7 heteroatoms. The van der Waals surface area contributed by atoms with Gasteiger partial charge in [-0.3, -0.25) is 0 Å². The van der Waals surface area contributed by atoms with Gasteiger partial charge in [-0.25, -0.2) is 9.97 Å². The van der Waals surface area contributed by atoms with E-state index in [9.17, 15) is 13.6 Å². The smallest absolute Gasteiger partial charge is 0.287 e. The van der Waals surface area contributed by atoms with Crippen molar-refractivity contribution in [3.05, 3.63) is 18.1 Å². The molecule has 4 atom stereocenters. The minimum absolute atomic E-state index is 0.0159. The van der Waals surface area contributed by atoms with Crippen LogP contribution < -0.4 is 10.2 Å². The lowest BCUT2D eigenvalue weighted by atomic mass is 9.73. The van der Waals surface area contributed by atoms with Crippen molar-refractivity contribution in [1.82, 2.24) is 15.3 Å². The maximum absolute atomic E-state index is 13.5. The van der Waals surface area contributed by atoms with Crippen molar-refractivity contribution >= 4 is 12.1 Å². The molecule has 0 saturated carbocycles. The van der Waals surface area contributed by atoms with E-state index in [0.29, 0.717) is 12.4 Å². The first-order valence-corrected chi connectivity index (χ1v) is 7.44. The third kappa shape index (κ3) is 2.27. The maximum atomic E-state index is 13.5. The number of aldehydes is 1. The number of nitrogens with one attached hydrogen (secondary N) is 1. The van der Waals surface area contributed by atoms with E-state index in [1.165, 1.54) is 12.4 Å². The van der Waals surface area contributed by atoms with Gasteiger partial charge in [-0.05, 0) is 13.3 Å². The highest BCUT2D eigenvalue weighted by Gasteiger charge is 2.53. The van der Waals surface area contributed by atoms with E-state index in [1.807, 2.05) is 11.8 Å². The Morgan fingerprint density at radius 1 is 1.50 bits per heavy atom. The molecule has 0 spiro atoms. The second-order valence-corrected chi connectivity index (χ2v) is 6.67. The van der Waals surface area contributed by atoms with Crippen molar-refractivity contribution in [2.45, 2.75) is 51.2 Å². The minimum Gasteiger partial charge on any atom is -0.352 e. The summed E-state index contributed by atoms with van der Waals surface area (Å²) in [4.78, 5) is 21.2. The van der Waals surface area contributed by atoms with Gasteiger partial charge in [0.15, 0.2) is 0 Å². The fraction of sp³-hybridized carbons (Fsp3) is 0.667. The Balaban J connectivity index is 1.95. The number of nitrogens with zero attached hydrogens (tertiary/aromatic N) is 3. The first-order valence-electron chi connectivity index (χ1n) is 7.44. The second-order valence-electron chi connectivity index (χ2n) is 6.67. The van der Waals surface area contributed by atoms with E-state index in [4.69, 9.17) is 0 Å². The fourth-order valence-electron chi connectivity index (χ4n) is 3.69. The molecule has 5 nitrogen and oxygen atoms in total. The molecular weight excluding hydrogens is 290 g/mol. The predicted molar refractivity (Wildman–Crippen MR) is 77.9 cm³/mol. The predicted octanol–water partition coefficient (Wildman–Crippen LogP) is 1.73. The van der Waals surface area contributed by atoms with E-state index in [-0.39, 0.29) is 29.2 Å². The van der Waals surface area contributed by atoms with Crippen molar-refractivity contribution < 1.29 is 13.6 Å². The van der Waals surface area contributed by atoms with Crippen LogP contribution in [0, 0.1) is 5.41 Å². The summed E-state index contributed by atoms with van der Waals surface area (Å²) in [5.74, 6) is -2.51. The number of rotatable bonds is 3. The lowest BCUT2D eigenvalue weighted by Gasteiger charge is -2.45. The molecule has 2 saturated heterocycles. The second kappa shape index (κ2) is 4.94. The highest BCUT2D eigenvalue weighted by atomic mass is 19.3. The van der Waals surface area contributed by atoms with E-state index in [1.54, 1.807) is 0 Å². The SMILES string of the molecule is CC1N(c2cc(C(C)(F)F)ncn2)C[C@H]2C[C@@]1(C)[C@H](C=O)N2.